The highest BCUT2D eigenvalue weighted by atomic mass is 16.6. The fourth-order valence-corrected chi connectivity index (χ4v) is 1.13. The number of nitrogen functional groups attached to an aromatic ring is 1. The Labute approximate surface area is 103 Å². The van der Waals surface area contributed by atoms with Crippen molar-refractivity contribution < 1.29 is 15.1 Å². The molecule has 0 saturated heterocycles. The molecule has 0 aliphatic rings. The lowest BCUT2D eigenvalue weighted by atomic mass is 10.2. The molecule has 0 atom stereocenters. The molecule has 0 fully saturated rings. The number of rotatable bonds is 1. The molecular weight excluding hydrogens is 236 g/mol. The first-order chi connectivity index (χ1) is 8.52. The smallest absolute Gasteiger partial charge is 0.295 e. The highest BCUT2D eigenvalue weighted by Gasteiger charge is 2.12. The van der Waals surface area contributed by atoms with Crippen molar-refractivity contribution in [3.63, 3.8) is 0 Å². The molecule has 0 saturated carbocycles. The number of phenolic OH excluding ortho intramolecular Hbond substituents is 2. The average molecular weight is 248 g/mol. The van der Waals surface area contributed by atoms with Crippen LogP contribution in [0.15, 0.2) is 48.5 Å². The number of anilines is 1. The lowest BCUT2D eigenvalue weighted by molar-refractivity contribution is -0.384. The number of phenols is 2. The molecular formula is C12H12N2O4. The van der Waals surface area contributed by atoms with Gasteiger partial charge in [0.1, 0.15) is 11.5 Å². The second-order valence-electron chi connectivity index (χ2n) is 3.30. The minimum absolute atomic E-state index is 0.197. The third-order valence-corrected chi connectivity index (χ3v) is 2.01. The van der Waals surface area contributed by atoms with Crippen molar-refractivity contribution in [3.05, 3.63) is 58.6 Å². The third-order valence-electron chi connectivity index (χ3n) is 2.01. The normalized spacial score (nSPS) is 9.11. The van der Waals surface area contributed by atoms with Crippen LogP contribution in [-0.2, 0) is 0 Å². The monoisotopic (exact) mass is 248 g/mol. The first kappa shape index (κ1) is 13.3. The van der Waals surface area contributed by atoms with Crippen LogP contribution in [0.5, 0.6) is 11.5 Å². The maximum absolute atomic E-state index is 10.2. The van der Waals surface area contributed by atoms with E-state index in [2.05, 4.69) is 0 Å². The van der Waals surface area contributed by atoms with Gasteiger partial charge in [-0.3, -0.25) is 10.1 Å². The number of benzene rings is 2. The summed E-state index contributed by atoms with van der Waals surface area (Å²) in [4.78, 5) is 9.54. The summed E-state index contributed by atoms with van der Waals surface area (Å²) >= 11 is 0. The molecule has 6 nitrogen and oxygen atoms in total. The summed E-state index contributed by atoms with van der Waals surface area (Å²) in [6.07, 6.45) is 0. The van der Waals surface area contributed by atoms with E-state index >= 15 is 0 Å². The number of nitro benzene ring substituents is 1. The minimum atomic E-state index is -0.644. The van der Waals surface area contributed by atoms with E-state index in [-0.39, 0.29) is 17.1 Å². The molecule has 6 heteroatoms. The number of nitrogens with zero attached hydrogens (tertiary/aromatic N) is 1. The van der Waals surface area contributed by atoms with Crippen molar-refractivity contribution in [2.45, 2.75) is 0 Å². The van der Waals surface area contributed by atoms with E-state index in [0.717, 1.165) is 0 Å². The van der Waals surface area contributed by atoms with Crippen molar-refractivity contribution in [1.82, 2.24) is 0 Å². The predicted octanol–water partition coefficient (Wildman–Crippen LogP) is 2.27. The molecule has 0 amide bonds. The number of hydrogen-bond acceptors (Lipinski definition) is 5. The van der Waals surface area contributed by atoms with Crippen LogP contribution in [0.3, 0.4) is 0 Å². The summed E-state index contributed by atoms with van der Waals surface area (Å²) in [7, 11) is 0. The van der Waals surface area contributed by atoms with Crippen molar-refractivity contribution in [2.24, 2.45) is 0 Å². The molecule has 2 aromatic carbocycles. The summed E-state index contributed by atoms with van der Waals surface area (Å²) in [5.41, 5.74) is 4.72. The second kappa shape index (κ2) is 6.09. The number of nitro groups is 1. The summed E-state index contributed by atoms with van der Waals surface area (Å²) in [6.45, 7) is 0. The van der Waals surface area contributed by atoms with Crippen LogP contribution >= 0.6 is 0 Å². The van der Waals surface area contributed by atoms with Gasteiger partial charge in [0.15, 0.2) is 5.69 Å². The molecule has 0 unspecified atom stereocenters. The Bertz CT molecular complexity index is 529. The van der Waals surface area contributed by atoms with E-state index in [1.165, 1.54) is 18.2 Å². The van der Waals surface area contributed by atoms with E-state index in [4.69, 9.17) is 15.9 Å². The molecule has 0 aliphatic carbocycles. The van der Waals surface area contributed by atoms with Gasteiger partial charge in [0.25, 0.3) is 5.69 Å². The lowest BCUT2D eigenvalue weighted by Crippen LogP contribution is -1.94. The van der Waals surface area contributed by atoms with Gasteiger partial charge in [-0.1, -0.05) is 24.3 Å². The lowest BCUT2D eigenvalue weighted by Gasteiger charge is -1.97. The molecule has 0 heterocycles. The van der Waals surface area contributed by atoms with Crippen LogP contribution in [0.2, 0.25) is 0 Å². The molecule has 0 spiro atoms. The maximum atomic E-state index is 10.2. The van der Waals surface area contributed by atoms with Crippen LogP contribution in [0.1, 0.15) is 0 Å². The quantitative estimate of drug-likeness (QED) is 0.310. The zero-order valence-electron chi connectivity index (χ0n) is 9.35. The van der Waals surface area contributed by atoms with Crippen molar-refractivity contribution >= 4 is 11.4 Å². The maximum Gasteiger partial charge on any atom is 0.295 e. The Hall–Kier alpha value is -2.76. The summed E-state index contributed by atoms with van der Waals surface area (Å²) in [6, 6.07) is 12.6. The van der Waals surface area contributed by atoms with Crippen LogP contribution in [0.4, 0.5) is 11.4 Å². The van der Waals surface area contributed by atoms with Crippen LogP contribution in [0.25, 0.3) is 0 Å². The van der Waals surface area contributed by atoms with E-state index < -0.39 is 4.92 Å². The number of hydrogen-bond donors (Lipinski definition) is 3. The Balaban J connectivity index is 0.000000199. The summed E-state index contributed by atoms with van der Waals surface area (Å²) in [5, 5.41) is 27.7. The van der Waals surface area contributed by atoms with E-state index in [0.29, 0.717) is 5.75 Å². The van der Waals surface area contributed by atoms with Crippen molar-refractivity contribution in [3.8, 4) is 11.5 Å². The summed E-state index contributed by atoms with van der Waals surface area (Å²) < 4.78 is 0. The van der Waals surface area contributed by atoms with E-state index in [1.54, 1.807) is 24.3 Å². The topological polar surface area (TPSA) is 110 Å². The fraction of sp³-hybridized carbons (Fsp3) is 0. The Morgan fingerprint density at radius 3 is 2.00 bits per heavy atom. The van der Waals surface area contributed by atoms with Gasteiger partial charge in [0.05, 0.1) is 4.92 Å². The van der Waals surface area contributed by atoms with Gasteiger partial charge in [-0.15, -0.1) is 0 Å². The van der Waals surface area contributed by atoms with Gasteiger partial charge < -0.3 is 15.9 Å². The predicted molar refractivity (Wildman–Crippen MR) is 67.3 cm³/mol. The Morgan fingerprint density at radius 2 is 1.61 bits per heavy atom. The molecule has 0 radical (unpaired) electrons. The Morgan fingerprint density at radius 1 is 1.00 bits per heavy atom. The second-order valence-corrected chi connectivity index (χ2v) is 3.30. The van der Waals surface area contributed by atoms with Crippen molar-refractivity contribution in [1.29, 1.82) is 0 Å². The van der Waals surface area contributed by atoms with Crippen LogP contribution in [-0.4, -0.2) is 15.1 Å². The van der Waals surface area contributed by atoms with Crippen LogP contribution < -0.4 is 5.73 Å². The standard InChI is InChI=1S/C6H6N2O3.C6H6O/c7-6-4(8(10)11)2-1-3-5(6)9;7-6-4-2-1-3-5-6/h1-3,9H,7H2;1-5,7H. The van der Waals surface area contributed by atoms with Gasteiger partial charge in [0.2, 0.25) is 0 Å². The summed E-state index contributed by atoms with van der Waals surface area (Å²) in [5.74, 6) is 0.0571. The van der Waals surface area contributed by atoms with Gasteiger partial charge in [-0.2, -0.15) is 0 Å². The zero-order chi connectivity index (χ0) is 13.5. The van der Waals surface area contributed by atoms with Gasteiger partial charge in [-0.05, 0) is 18.2 Å². The number of aromatic hydroxyl groups is 2. The molecule has 2 rings (SSSR count). The molecule has 2 aromatic rings. The molecule has 0 bridgehead atoms. The Kier molecular flexibility index (Phi) is 4.50. The molecule has 0 aromatic heterocycles. The minimum Gasteiger partial charge on any atom is -0.508 e. The highest BCUT2D eigenvalue weighted by molar-refractivity contribution is 5.65. The average Bonchev–Trinajstić information content (AvgIpc) is 2.34. The number of para-hydroxylation sites is 2. The number of nitrogens with two attached hydrogens (primary N) is 1. The first-order valence-corrected chi connectivity index (χ1v) is 4.98. The van der Waals surface area contributed by atoms with Gasteiger partial charge in [-0.25, -0.2) is 0 Å². The van der Waals surface area contributed by atoms with E-state index in [1.807, 2.05) is 6.07 Å². The van der Waals surface area contributed by atoms with Crippen molar-refractivity contribution in [2.75, 3.05) is 5.73 Å². The largest absolute Gasteiger partial charge is 0.508 e. The third kappa shape index (κ3) is 3.67. The molecule has 4 N–H and O–H groups in total. The SMILES string of the molecule is Nc1c(O)cccc1[N+](=O)[O-].Oc1ccccc1. The first-order valence-electron chi connectivity index (χ1n) is 4.98. The van der Waals surface area contributed by atoms with Crippen LogP contribution in [0, 0.1) is 10.1 Å². The molecule has 18 heavy (non-hydrogen) atoms. The van der Waals surface area contributed by atoms with Gasteiger partial charge in [0, 0.05) is 6.07 Å². The fourth-order valence-electron chi connectivity index (χ4n) is 1.13. The molecule has 0 aliphatic heterocycles. The van der Waals surface area contributed by atoms with Gasteiger partial charge >= 0.3 is 0 Å². The van der Waals surface area contributed by atoms with E-state index in [9.17, 15) is 10.1 Å². The highest BCUT2D eigenvalue weighted by Crippen LogP contribution is 2.29. The molecule has 94 valence electrons. The zero-order valence-corrected chi connectivity index (χ0v) is 9.35.